The summed E-state index contributed by atoms with van der Waals surface area (Å²) in [4.78, 5) is 28.3. The zero-order valence-corrected chi connectivity index (χ0v) is 17.3. The molecule has 1 aromatic heterocycles. The van der Waals surface area contributed by atoms with Crippen molar-refractivity contribution in [1.82, 2.24) is 19.8 Å². The Bertz CT molecular complexity index is 825. The Morgan fingerprint density at radius 2 is 1.69 bits per heavy atom. The summed E-state index contributed by atoms with van der Waals surface area (Å²) in [6.07, 6.45) is 3.39. The second-order valence-electron chi connectivity index (χ2n) is 7.88. The van der Waals surface area contributed by atoms with Gasteiger partial charge in [0, 0.05) is 56.8 Å². The van der Waals surface area contributed by atoms with Crippen molar-refractivity contribution < 1.29 is 9.53 Å². The second-order valence-corrected chi connectivity index (χ2v) is 7.88. The van der Waals surface area contributed by atoms with E-state index in [1.807, 2.05) is 35.2 Å². The standard InChI is InChI=1S/C22H29N5O2/c1-25-11-13-27(14-12-25)22(28)18-7-9-26(10-8-18)21-15-20(23-16-24-21)17-3-5-19(29-2)6-4-17/h3-6,15-16,18H,7-14H2,1-2H3. The molecule has 7 nitrogen and oxygen atoms in total. The first-order valence-corrected chi connectivity index (χ1v) is 10.3. The fraction of sp³-hybridized carbons (Fsp3) is 0.500. The Balaban J connectivity index is 1.37. The number of carbonyl (C=O) groups is 1. The van der Waals surface area contributed by atoms with E-state index >= 15 is 0 Å². The van der Waals surface area contributed by atoms with Gasteiger partial charge in [0.15, 0.2) is 0 Å². The predicted molar refractivity (Wildman–Crippen MR) is 113 cm³/mol. The van der Waals surface area contributed by atoms with E-state index in [0.29, 0.717) is 5.91 Å². The molecule has 2 aromatic rings. The third-order valence-corrected chi connectivity index (χ3v) is 6.02. The minimum Gasteiger partial charge on any atom is -0.497 e. The van der Waals surface area contributed by atoms with Gasteiger partial charge in [0.1, 0.15) is 17.9 Å². The van der Waals surface area contributed by atoms with E-state index in [4.69, 9.17) is 4.74 Å². The molecule has 0 atom stereocenters. The molecule has 0 aliphatic carbocycles. The van der Waals surface area contributed by atoms with E-state index in [2.05, 4.69) is 26.8 Å². The molecule has 0 radical (unpaired) electrons. The number of hydrogen-bond acceptors (Lipinski definition) is 6. The summed E-state index contributed by atoms with van der Waals surface area (Å²) in [6, 6.07) is 9.92. The van der Waals surface area contributed by atoms with E-state index in [1.54, 1.807) is 13.4 Å². The molecule has 0 N–H and O–H groups in total. The number of benzene rings is 1. The SMILES string of the molecule is COc1ccc(-c2cc(N3CCC(C(=O)N4CCN(C)CC4)CC3)ncn2)cc1. The van der Waals surface area contributed by atoms with Gasteiger partial charge < -0.3 is 19.4 Å². The molecule has 2 aliphatic rings. The quantitative estimate of drug-likeness (QED) is 0.791. The minimum atomic E-state index is 0.137. The van der Waals surface area contributed by atoms with Gasteiger partial charge in [-0.05, 0) is 44.2 Å². The fourth-order valence-electron chi connectivity index (χ4n) is 4.08. The number of likely N-dealkylation sites (N-methyl/N-ethyl adjacent to an activating group) is 1. The summed E-state index contributed by atoms with van der Waals surface area (Å²) < 4.78 is 5.23. The Kier molecular flexibility index (Phi) is 5.94. The van der Waals surface area contributed by atoms with Crippen molar-refractivity contribution in [3.05, 3.63) is 36.7 Å². The molecular formula is C22H29N5O2. The largest absolute Gasteiger partial charge is 0.497 e. The lowest BCUT2D eigenvalue weighted by Crippen LogP contribution is -2.50. The number of carbonyl (C=O) groups excluding carboxylic acids is 1. The van der Waals surface area contributed by atoms with Gasteiger partial charge in [0.05, 0.1) is 12.8 Å². The van der Waals surface area contributed by atoms with Crippen LogP contribution in [0.15, 0.2) is 36.7 Å². The average Bonchev–Trinajstić information content (AvgIpc) is 2.79. The smallest absolute Gasteiger partial charge is 0.225 e. The number of aromatic nitrogens is 2. The van der Waals surface area contributed by atoms with Crippen LogP contribution in [0, 0.1) is 5.92 Å². The Hall–Kier alpha value is -2.67. The number of piperazine rings is 1. The number of anilines is 1. The van der Waals surface area contributed by atoms with Gasteiger partial charge in [-0.15, -0.1) is 0 Å². The molecule has 0 saturated carbocycles. The number of rotatable bonds is 4. The van der Waals surface area contributed by atoms with Crippen molar-refractivity contribution >= 4 is 11.7 Å². The number of ether oxygens (including phenoxy) is 1. The van der Waals surface area contributed by atoms with Crippen molar-refractivity contribution in [1.29, 1.82) is 0 Å². The molecule has 7 heteroatoms. The van der Waals surface area contributed by atoms with Crippen LogP contribution in [0.2, 0.25) is 0 Å². The van der Waals surface area contributed by atoms with Crippen LogP contribution in [0.4, 0.5) is 5.82 Å². The molecule has 3 heterocycles. The molecule has 0 spiro atoms. The topological polar surface area (TPSA) is 61.8 Å². The molecule has 2 fully saturated rings. The molecule has 29 heavy (non-hydrogen) atoms. The van der Waals surface area contributed by atoms with Gasteiger partial charge in [-0.25, -0.2) is 9.97 Å². The van der Waals surface area contributed by atoms with E-state index in [9.17, 15) is 4.79 Å². The summed E-state index contributed by atoms with van der Waals surface area (Å²) in [7, 11) is 3.78. The molecule has 2 aliphatic heterocycles. The highest BCUT2D eigenvalue weighted by atomic mass is 16.5. The summed E-state index contributed by atoms with van der Waals surface area (Å²) in [5, 5.41) is 0. The fourth-order valence-corrected chi connectivity index (χ4v) is 4.08. The first kappa shape index (κ1) is 19.6. The van der Waals surface area contributed by atoms with E-state index in [0.717, 1.165) is 74.9 Å². The average molecular weight is 396 g/mol. The van der Waals surface area contributed by atoms with Crippen LogP contribution in [0.25, 0.3) is 11.3 Å². The van der Waals surface area contributed by atoms with Crippen molar-refractivity contribution in [2.24, 2.45) is 5.92 Å². The Morgan fingerprint density at radius 3 is 2.34 bits per heavy atom. The van der Waals surface area contributed by atoms with Crippen molar-refractivity contribution in [2.45, 2.75) is 12.8 Å². The second kappa shape index (κ2) is 8.78. The third-order valence-electron chi connectivity index (χ3n) is 6.02. The van der Waals surface area contributed by atoms with Crippen molar-refractivity contribution in [2.75, 3.05) is 58.3 Å². The molecule has 1 aromatic carbocycles. The first-order valence-electron chi connectivity index (χ1n) is 10.3. The molecule has 1 amide bonds. The van der Waals surface area contributed by atoms with E-state index in [-0.39, 0.29) is 5.92 Å². The number of piperidine rings is 1. The van der Waals surface area contributed by atoms with Crippen molar-refractivity contribution in [3.63, 3.8) is 0 Å². The van der Waals surface area contributed by atoms with Crippen LogP contribution in [-0.2, 0) is 4.79 Å². The lowest BCUT2D eigenvalue weighted by molar-refractivity contribution is -0.137. The number of methoxy groups -OCH3 is 1. The van der Waals surface area contributed by atoms with Crippen LogP contribution in [0.5, 0.6) is 5.75 Å². The lowest BCUT2D eigenvalue weighted by atomic mass is 9.95. The number of hydrogen-bond donors (Lipinski definition) is 0. The first-order chi connectivity index (χ1) is 14.1. The molecule has 0 unspecified atom stereocenters. The van der Waals surface area contributed by atoms with Crippen LogP contribution in [0.1, 0.15) is 12.8 Å². The molecule has 4 rings (SSSR count). The summed E-state index contributed by atoms with van der Waals surface area (Å²) in [5.41, 5.74) is 1.93. The Labute approximate surface area is 172 Å². The van der Waals surface area contributed by atoms with Gasteiger partial charge in [-0.2, -0.15) is 0 Å². The van der Waals surface area contributed by atoms with Crippen LogP contribution in [-0.4, -0.2) is 79.1 Å². The zero-order valence-electron chi connectivity index (χ0n) is 17.3. The highest BCUT2D eigenvalue weighted by molar-refractivity contribution is 5.79. The molecular weight excluding hydrogens is 366 g/mol. The van der Waals surface area contributed by atoms with Gasteiger partial charge in [-0.3, -0.25) is 4.79 Å². The monoisotopic (exact) mass is 395 g/mol. The lowest BCUT2D eigenvalue weighted by Gasteiger charge is -2.37. The van der Waals surface area contributed by atoms with Gasteiger partial charge >= 0.3 is 0 Å². The zero-order chi connectivity index (χ0) is 20.2. The van der Waals surface area contributed by atoms with Crippen LogP contribution >= 0.6 is 0 Å². The molecule has 154 valence electrons. The van der Waals surface area contributed by atoms with E-state index < -0.39 is 0 Å². The summed E-state index contributed by atoms with van der Waals surface area (Å²) in [5.74, 6) is 2.23. The maximum atomic E-state index is 12.8. The normalized spacial score (nSPS) is 18.7. The van der Waals surface area contributed by atoms with Gasteiger partial charge in [-0.1, -0.05) is 0 Å². The van der Waals surface area contributed by atoms with Crippen molar-refractivity contribution in [3.8, 4) is 17.0 Å². The molecule has 2 saturated heterocycles. The highest BCUT2D eigenvalue weighted by Crippen LogP contribution is 2.27. The summed E-state index contributed by atoms with van der Waals surface area (Å²) >= 11 is 0. The minimum absolute atomic E-state index is 0.137. The maximum absolute atomic E-state index is 12.8. The third kappa shape index (κ3) is 4.50. The maximum Gasteiger partial charge on any atom is 0.225 e. The van der Waals surface area contributed by atoms with E-state index in [1.165, 1.54) is 0 Å². The predicted octanol–water partition coefficient (Wildman–Crippen LogP) is 2.14. The highest BCUT2D eigenvalue weighted by Gasteiger charge is 2.30. The van der Waals surface area contributed by atoms with Crippen LogP contribution < -0.4 is 9.64 Å². The van der Waals surface area contributed by atoms with Crippen LogP contribution in [0.3, 0.4) is 0 Å². The molecule has 0 bridgehead atoms. The van der Waals surface area contributed by atoms with Gasteiger partial charge in [0.25, 0.3) is 0 Å². The number of nitrogens with zero attached hydrogens (tertiary/aromatic N) is 5. The Morgan fingerprint density at radius 1 is 1.00 bits per heavy atom. The van der Waals surface area contributed by atoms with Gasteiger partial charge in [0.2, 0.25) is 5.91 Å². The summed E-state index contributed by atoms with van der Waals surface area (Å²) in [6.45, 7) is 5.35. The number of amides is 1.